The second-order valence-electron chi connectivity index (χ2n) is 3.40. The van der Waals surface area contributed by atoms with Gasteiger partial charge in [0.05, 0.1) is 6.20 Å². The van der Waals surface area contributed by atoms with E-state index in [1.807, 2.05) is 6.07 Å². The van der Waals surface area contributed by atoms with Gasteiger partial charge < -0.3 is 15.1 Å². The van der Waals surface area contributed by atoms with Crippen LogP contribution in [0.25, 0.3) is 0 Å². The van der Waals surface area contributed by atoms with Crippen molar-refractivity contribution in [1.82, 2.24) is 9.88 Å². The highest BCUT2D eigenvalue weighted by Crippen LogP contribution is 2.10. The number of likely N-dealkylation sites (N-methyl/N-ethyl adjacent to an activating group) is 1. The fourth-order valence-electron chi connectivity index (χ4n) is 1.38. The maximum Gasteiger partial charge on any atom is 0.140 e. The van der Waals surface area contributed by atoms with Gasteiger partial charge in [0.1, 0.15) is 18.2 Å². The zero-order chi connectivity index (χ0) is 11.8. The van der Waals surface area contributed by atoms with Crippen molar-refractivity contribution in [2.75, 3.05) is 31.7 Å². The lowest BCUT2D eigenvalue weighted by Crippen LogP contribution is -2.27. The summed E-state index contributed by atoms with van der Waals surface area (Å²) in [6, 6.07) is 3.64. The van der Waals surface area contributed by atoms with Gasteiger partial charge in [0.2, 0.25) is 0 Å². The van der Waals surface area contributed by atoms with E-state index in [9.17, 15) is 0 Å². The molecule has 0 bridgehead atoms. The molecule has 0 amide bonds. The predicted molar refractivity (Wildman–Crippen MR) is 65.3 cm³/mol. The summed E-state index contributed by atoms with van der Waals surface area (Å²) in [5, 5.41) is 0. The van der Waals surface area contributed by atoms with Gasteiger partial charge >= 0.3 is 0 Å². The van der Waals surface area contributed by atoms with Gasteiger partial charge in [-0.05, 0) is 25.2 Å². The maximum absolute atomic E-state index is 5.57. The fourth-order valence-corrected chi connectivity index (χ4v) is 1.38. The van der Waals surface area contributed by atoms with Crippen molar-refractivity contribution in [3.63, 3.8) is 0 Å². The summed E-state index contributed by atoms with van der Waals surface area (Å²) >= 11 is 0. The summed E-state index contributed by atoms with van der Waals surface area (Å²) in [6.45, 7) is 8.00. The van der Waals surface area contributed by atoms with Crippen LogP contribution < -0.4 is 16.0 Å². The topological polar surface area (TPSA) is 63.4 Å². The highest BCUT2D eigenvalue weighted by atomic mass is 16.5. The Hall–Kier alpha value is -1.33. The molecule has 0 unspecified atom stereocenters. The first kappa shape index (κ1) is 12.7. The molecule has 1 rings (SSSR count). The van der Waals surface area contributed by atoms with Crippen molar-refractivity contribution in [2.45, 2.75) is 13.8 Å². The number of hydrogen-bond acceptors (Lipinski definition) is 5. The monoisotopic (exact) mass is 224 g/mol. The van der Waals surface area contributed by atoms with Gasteiger partial charge in [0, 0.05) is 6.54 Å². The number of aromatic nitrogens is 1. The number of hydrogen-bond donors (Lipinski definition) is 2. The lowest BCUT2D eigenvalue weighted by Gasteiger charge is -2.17. The number of nitrogens with zero attached hydrogens (tertiary/aromatic N) is 2. The van der Waals surface area contributed by atoms with Crippen LogP contribution in [-0.2, 0) is 0 Å². The molecule has 1 heterocycles. The largest absolute Gasteiger partial charge is 0.491 e. The first-order valence-electron chi connectivity index (χ1n) is 5.58. The van der Waals surface area contributed by atoms with E-state index in [0.717, 1.165) is 25.4 Å². The van der Waals surface area contributed by atoms with E-state index < -0.39 is 0 Å². The van der Waals surface area contributed by atoms with E-state index in [1.165, 1.54) is 0 Å². The Balaban J connectivity index is 2.31. The molecule has 0 saturated carbocycles. The zero-order valence-corrected chi connectivity index (χ0v) is 9.94. The molecular weight excluding hydrogens is 204 g/mol. The molecule has 1 aromatic heterocycles. The quantitative estimate of drug-likeness (QED) is 0.536. The van der Waals surface area contributed by atoms with Crippen LogP contribution in [0, 0.1) is 0 Å². The third-order valence-corrected chi connectivity index (χ3v) is 2.45. The van der Waals surface area contributed by atoms with Crippen LogP contribution in [0.5, 0.6) is 5.75 Å². The van der Waals surface area contributed by atoms with Gasteiger partial charge in [0.15, 0.2) is 0 Å². The number of hydrazine groups is 1. The van der Waals surface area contributed by atoms with Crippen LogP contribution in [0.3, 0.4) is 0 Å². The summed E-state index contributed by atoms with van der Waals surface area (Å²) in [4.78, 5) is 6.37. The van der Waals surface area contributed by atoms with Crippen LogP contribution in [0.4, 0.5) is 5.82 Å². The number of ether oxygens (including phenoxy) is 1. The summed E-state index contributed by atoms with van der Waals surface area (Å²) in [6.07, 6.45) is 1.66. The molecule has 0 fully saturated rings. The van der Waals surface area contributed by atoms with E-state index in [0.29, 0.717) is 12.4 Å². The Morgan fingerprint density at radius 3 is 2.62 bits per heavy atom. The highest BCUT2D eigenvalue weighted by molar-refractivity contribution is 5.35. The number of nitrogens with two attached hydrogens (primary N) is 1. The van der Waals surface area contributed by atoms with Crippen molar-refractivity contribution in [2.24, 2.45) is 5.84 Å². The van der Waals surface area contributed by atoms with Gasteiger partial charge in [-0.3, -0.25) is 0 Å². The van der Waals surface area contributed by atoms with Gasteiger partial charge in [-0.25, -0.2) is 10.8 Å². The third kappa shape index (κ3) is 4.04. The van der Waals surface area contributed by atoms with Crippen molar-refractivity contribution >= 4 is 5.82 Å². The van der Waals surface area contributed by atoms with Crippen LogP contribution in [0.2, 0.25) is 0 Å². The number of anilines is 1. The van der Waals surface area contributed by atoms with Gasteiger partial charge in [-0.1, -0.05) is 13.8 Å². The van der Waals surface area contributed by atoms with E-state index in [4.69, 9.17) is 10.6 Å². The van der Waals surface area contributed by atoms with Gasteiger partial charge in [-0.15, -0.1) is 0 Å². The molecule has 0 aliphatic carbocycles. The Morgan fingerprint density at radius 1 is 1.38 bits per heavy atom. The van der Waals surface area contributed by atoms with Crippen LogP contribution >= 0.6 is 0 Å². The van der Waals surface area contributed by atoms with E-state index in [2.05, 4.69) is 29.2 Å². The molecule has 0 atom stereocenters. The second kappa shape index (κ2) is 7.03. The van der Waals surface area contributed by atoms with Crippen molar-refractivity contribution in [1.29, 1.82) is 0 Å². The average Bonchev–Trinajstić information content (AvgIpc) is 2.35. The molecule has 16 heavy (non-hydrogen) atoms. The molecule has 5 heteroatoms. The van der Waals surface area contributed by atoms with Crippen LogP contribution in [0.1, 0.15) is 13.8 Å². The third-order valence-electron chi connectivity index (χ3n) is 2.45. The minimum absolute atomic E-state index is 0.635. The predicted octanol–water partition coefficient (Wildman–Crippen LogP) is 1.09. The zero-order valence-electron chi connectivity index (χ0n) is 9.94. The summed E-state index contributed by atoms with van der Waals surface area (Å²) in [5.41, 5.74) is 2.47. The minimum atomic E-state index is 0.635. The summed E-state index contributed by atoms with van der Waals surface area (Å²) in [7, 11) is 0. The molecule has 1 aromatic rings. The highest BCUT2D eigenvalue weighted by Gasteiger charge is 1.99. The summed E-state index contributed by atoms with van der Waals surface area (Å²) in [5.74, 6) is 6.62. The van der Waals surface area contributed by atoms with Gasteiger partial charge in [0.25, 0.3) is 0 Å². The molecule has 3 N–H and O–H groups in total. The Bertz CT molecular complexity index is 285. The minimum Gasteiger partial charge on any atom is -0.491 e. The molecule has 0 spiro atoms. The smallest absolute Gasteiger partial charge is 0.140 e. The van der Waals surface area contributed by atoms with Crippen molar-refractivity contribution in [3.05, 3.63) is 18.3 Å². The van der Waals surface area contributed by atoms with E-state index >= 15 is 0 Å². The Morgan fingerprint density at radius 2 is 2.12 bits per heavy atom. The molecule has 0 saturated heterocycles. The molecule has 0 aliphatic rings. The molecule has 0 radical (unpaired) electrons. The molecule has 5 nitrogen and oxygen atoms in total. The molecule has 0 aliphatic heterocycles. The lowest BCUT2D eigenvalue weighted by atomic mass is 10.4. The Kier molecular flexibility index (Phi) is 5.60. The maximum atomic E-state index is 5.57. The number of pyridine rings is 1. The van der Waals surface area contributed by atoms with Gasteiger partial charge in [-0.2, -0.15) is 0 Å². The first-order chi connectivity index (χ1) is 7.80. The SMILES string of the molecule is CCN(CC)CCOc1ccc(NN)nc1. The molecule has 90 valence electrons. The Labute approximate surface area is 96.6 Å². The van der Waals surface area contributed by atoms with E-state index in [1.54, 1.807) is 12.3 Å². The summed E-state index contributed by atoms with van der Waals surface area (Å²) < 4.78 is 5.57. The normalized spacial score (nSPS) is 10.5. The average molecular weight is 224 g/mol. The van der Waals surface area contributed by atoms with Crippen LogP contribution in [0.15, 0.2) is 18.3 Å². The second-order valence-corrected chi connectivity index (χ2v) is 3.40. The number of nitrogens with one attached hydrogen (secondary N) is 1. The number of rotatable bonds is 7. The number of nitrogen functional groups attached to an aromatic ring is 1. The first-order valence-corrected chi connectivity index (χ1v) is 5.58. The van der Waals surface area contributed by atoms with Crippen molar-refractivity contribution in [3.8, 4) is 5.75 Å². The fraction of sp³-hybridized carbons (Fsp3) is 0.545. The van der Waals surface area contributed by atoms with E-state index in [-0.39, 0.29) is 0 Å². The van der Waals surface area contributed by atoms with Crippen LogP contribution in [-0.4, -0.2) is 36.1 Å². The molecule has 0 aromatic carbocycles. The standard InChI is InChI=1S/C11H20N4O/c1-3-15(4-2)7-8-16-10-5-6-11(14-12)13-9-10/h5-6,9H,3-4,7-8,12H2,1-2H3,(H,13,14). The lowest BCUT2D eigenvalue weighted by molar-refractivity contribution is 0.222. The van der Waals surface area contributed by atoms with Crippen molar-refractivity contribution < 1.29 is 4.74 Å². The molecular formula is C11H20N4O.